The van der Waals surface area contributed by atoms with Gasteiger partial charge in [0.25, 0.3) is 5.91 Å². The van der Waals surface area contributed by atoms with E-state index >= 15 is 0 Å². The summed E-state index contributed by atoms with van der Waals surface area (Å²) in [5.74, 6) is -0.572. The van der Waals surface area contributed by atoms with Crippen LogP contribution in [0.5, 0.6) is 0 Å². The normalized spacial score (nSPS) is 18.9. The Balaban J connectivity index is 2.16. The molecule has 1 amide bonds. The molecular weight excluding hydrogens is 243 g/mol. The fraction of sp³-hybridized carbons (Fsp3) is 0.533. The molecule has 0 aromatic heterocycles. The van der Waals surface area contributed by atoms with Crippen LogP contribution < -0.4 is 5.73 Å². The van der Waals surface area contributed by atoms with Crippen LogP contribution in [0.1, 0.15) is 41.6 Å². The molecule has 0 saturated carbocycles. The summed E-state index contributed by atoms with van der Waals surface area (Å²) < 4.78 is 14.0. The Morgan fingerprint density at radius 3 is 3.05 bits per heavy atom. The van der Waals surface area contributed by atoms with Crippen LogP contribution in [-0.2, 0) is 0 Å². The van der Waals surface area contributed by atoms with Crippen molar-refractivity contribution in [1.82, 2.24) is 4.90 Å². The molecule has 0 spiro atoms. The van der Waals surface area contributed by atoms with Crippen LogP contribution in [0.15, 0.2) is 18.2 Å². The maximum absolute atomic E-state index is 14.0. The van der Waals surface area contributed by atoms with Gasteiger partial charge in [-0.25, -0.2) is 4.39 Å². The molecule has 1 aromatic rings. The van der Waals surface area contributed by atoms with Crippen LogP contribution >= 0.6 is 0 Å². The third kappa shape index (κ3) is 2.95. The summed E-state index contributed by atoms with van der Waals surface area (Å²) in [5.41, 5.74) is 6.23. The molecule has 1 aliphatic heterocycles. The quantitative estimate of drug-likeness (QED) is 0.908. The van der Waals surface area contributed by atoms with Crippen LogP contribution in [0.2, 0.25) is 0 Å². The lowest BCUT2D eigenvalue weighted by Crippen LogP contribution is -2.36. The number of rotatable bonds is 4. The molecular formula is C15H21FN2O. The highest BCUT2D eigenvalue weighted by Crippen LogP contribution is 2.24. The molecule has 1 fully saturated rings. The number of nitrogens with zero attached hydrogens (tertiary/aromatic N) is 1. The number of benzene rings is 1. The highest BCUT2D eigenvalue weighted by molar-refractivity contribution is 5.95. The molecule has 19 heavy (non-hydrogen) atoms. The second-order valence-electron chi connectivity index (χ2n) is 5.16. The Bertz CT molecular complexity index is 461. The smallest absolute Gasteiger partial charge is 0.257 e. The van der Waals surface area contributed by atoms with Crippen molar-refractivity contribution in [2.75, 3.05) is 13.1 Å². The molecule has 2 N–H and O–H groups in total. The summed E-state index contributed by atoms with van der Waals surface area (Å²) >= 11 is 0. The third-order valence-corrected chi connectivity index (χ3v) is 3.80. The predicted molar refractivity (Wildman–Crippen MR) is 73.5 cm³/mol. The van der Waals surface area contributed by atoms with E-state index < -0.39 is 5.82 Å². The molecule has 0 radical (unpaired) electrons. The van der Waals surface area contributed by atoms with Crippen molar-refractivity contribution in [3.05, 3.63) is 35.1 Å². The first kappa shape index (κ1) is 14.0. The first-order valence-corrected chi connectivity index (χ1v) is 6.91. The Kier molecular flexibility index (Phi) is 4.53. The van der Waals surface area contributed by atoms with Crippen molar-refractivity contribution >= 4 is 5.91 Å². The SMILES string of the molecule is Cc1cccc(C(=O)N2CCCC2CCCN)c1F. The Morgan fingerprint density at radius 1 is 1.53 bits per heavy atom. The maximum Gasteiger partial charge on any atom is 0.257 e. The first-order valence-electron chi connectivity index (χ1n) is 6.91. The number of amides is 1. The van der Waals surface area contributed by atoms with E-state index in [0.29, 0.717) is 12.1 Å². The van der Waals surface area contributed by atoms with E-state index in [0.717, 1.165) is 32.2 Å². The topological polar surface area (TPSA) is 46.3 Å². The van der Waals surface area contributed by atoms with E-state index in [9.17, 15) is 9.18 Å². The van der Waals surface area contributed by atoms with Gasteiger partial charge in [0.05, 0.1) is 5.56 Å². The van der Waals surface area contributed by atoms with Crippen LogP contribution in [-0.4, -0.2) is 29.9 Å². The average molecular weight is 264 g/mol. The number of aryl methyl sites for hydroxylation is 1. The summed E-state index contributed by atoms with van der Waals surface area (Å²) in [6, 6.07) is 5.21. The lowest BCUT2D eigenvalue weighted by Gasteiger charge is -2.25. The van der Waals surface area contributed by atoms with Crippen LogP contribution in [0.3, 0.4) is 0 Å². The highest BCUT2D eigenvalue weighted by Gasteiger charge is 2.30. The van der Waals surface area contributed by atoms with Crippen molar-refractivity contribution in [1.29, 1.82) is 0 Å². The van der Waals surface area contributed by atoms with Gasteiger partial charge in [-0.2, -0.15) is 0 Å². The summed E-state index contributed by atoms with van der Waals surface area (Å²) in [7, 11) is 0. The number of nitrogens with two attached hydrogens (primary N) is 1. The Hall–Kier alpha value is -1.42. The van der Waals surface area contributed by atoms with E-state index in [-0.39, 0.29) is 17.5 Å². The van der Waals surface area contributed by atoms with Gasteiger partial charge >= 0.3 is 0 Å². The molecule has 2 rings (SSSR count). The lowest BCUT2D eigenvalue weighted by molar-refractivity contribution is 0.0724. The summed E-state index contributed by atoms with van der Waals surface area (Å²) in [6.45, 7) is 3.04. The van der Waals surface area contributed by atoms with Gasteiger partial charge in [-0.3, -0.25) is 4.79 Å². The molecule has 0 bridgehead atoms. The van der Waals surface area contributed by atoms with E-state index in [2.05, 4.69) is 0 Å². The molecule has 4 heteroatoms. The van der Waals surface area contributed by atoms with Crippen molar-refractivity contribution in [2.45, 2.75) is 38.6 Å². The number of carbonyl (C=O) groups is 1. The standard InChI is InChI=1S/C15H21FN2O/c1-11-5-2-8-13(14(11)16)15(19)18-10-4-7-12(18)6-3-9-17/h2,5,8,12H,3-4,6-7,9-10,17H2,1H3. The zero-order chi connectivity index (χ0) is 13.8. The summed E-state index contributed by atoms with van der Waals surface area (Å²) in [4.78, 5) is 14.3. The summed E-state index contributed by atoms with van der Waals surface area (Å²) in [6.07, 6.45) is 3.81. The van der Waals surface area contributed by atoms with Crippen molar-refractivity contribution < 1.29 is 9.18 Å². The highest BCUT2D eigenvalue weighted by atomic mass is 19.1. The second-order valence-corrected chi connectivity index (χ2v) is 5.16. The average Bonchev–Trinajstić information content (AvgIpc) is 2.87. The van der Waals surface area contributed by atoms with Gasteiger partial charge < -0.3 is 10.6 Å². The predicted octanol–water partition coefficient (Wildman–Crippen LogP) is 2.48. The Morgan fingerprint density at radius 2 is 2.32 bits per heavy atom. The third-order valence-electron chi connectivity index (χ3n) is 3.80. The van der Waals surface area contributed by atoms with Gasteiger partial charge in [0.1, 0.15) is 5.82 Å². The number of halogens is 1. The molecule has 1 saturated heterocycles. The molecule has 1 aromatic carbocycles. The molecule has 0 aliphatic carbocycles. The molecule has 1 heterocycles. The Labute approximate surface area is 113 Å². The van der Waals surface area contributed by atoms with Gasteiger partial charge in [-0.15, -0.1) is 0 Å². The van der Waals surface area contributed by atoms with Crippen molar-refractivity contribution in [3.8, 4) is 0 Å². The molecule has 1 atom stereocenters. The van der Waals surface area contributed by atoms with E-state index in [1.165, 1.54) is 0 Å². The van der Waals surface area contributed by atoms with Gasteiger partial charge in [0, 0.05) is 12.6 Å². The van der Waals surface area contributed by atoms with Crippen LogP contribution in [0.25, 0.3) is 0 Å². The minimum absolute atomic E-state index is 0.180. The maximum atomic E-state index is 14.0. The minimum Gasteiger partial charge on any atom is -0.336 e. The van der Waals surface area contributed by atoms with E-state index in [1.54, 1.807) is 25.1 Å². The molecule has 3 nitrogen and oxygen atoms in total. The minimum atomic E-state index is -0.392. The number of likely N-dealkylation sites (tertiary alicyclic amines) is 1. The number of carbonyl (C=O) groups excluding carboxylic acids is 1. The first-order chi connectivity index (χ1) is 9.15. The molecule has 104 valence electrons. The van der Waals surface area contributed by atoms with Gasteiger partial charge in [-0.1, -0.05) is 12.1 Å². The van der Waals surface area contributed by atoms with E-state index in [4.69, 9.17) is 5.73 Å². The van der Waals surface area contributed by atoms with E-state index in [1.807, 2.05) is 4.90 Å². The van der Waals surface area contributed by atoms with Crippen LogP contribution in [0.4, 0.5) is 4.39 Å². The number of hydrogen-bond donors (Lipinski definition) is 1. The van der Waals surface area contributed by atoms with Crippen molar-refractivity contribution in [2.24, 2.45) is 5.73 Å². The number of hydrogen-bond acceptors (Lipinski definition) is 2. The van der Waals surface area contributed by atoms with Crippen LogP contribution in [0, 0.1) is 12.7 Å². The second kappa shape index (κ2) is 6.15. The van der Waals surface area contributed by atoms with Gasteiger partial charge in [0.15, 0.2) is 0 Å². The zero-order valence-corrected chi connectivity index (χ0v) is 11.4. The largest absolute Gasteiger partial charge is 0.336 e. The summed E-state index contributed by atoms with van der Waals surface area (Å²) in [5, 5.41) is 0. The molecule has 1 aliphatic rings. The molecule has 1 unspecified atom stereocenters. The van der Waals surface area contributed by atoms with Gasteiger partial charge in [0.2, 0.25) is 0 Å². The van der Waals surface area contributed by atoms with Crippen molar-refractivity contribution in [3.63, 3.8) is 0 Å². The fourth-order valence-corrected chi connectivity index (χ4v) is 2.72. The fourth-order valence-electron chi connectivity index (χ4n) is 2.72. The lowest BCUT2D eigenvalue weighted by atomic mass is 10.1. The zero-order valence-electron chi connectivity index (χ0n) is 11.4. The monoisotopic (exact) mass is 264 g/mol. The van der Waals surface area contributed by atoms with Gasteiger partial charge in [-0.05, 0) is 50.8 Å².